The third kappa shape index (κ3) is 4.66. The van der Waals surface area contributed by atoms with E-state index in [1.165, 1.54) is 18.2 Å². The fraction of sp³-hybridized carbons (Fsp3) is 0.111. The van der Waals surface area contributed by atoms with Gasteiger partial charge < -0.3 is 10.8 Å². The maximum absolute atomic E-state index is 10.9. The number of hydrogen-bond acceptors (Lipinski definition) is 6. The molecule has 0 radical (unpaired) electrons. The number of para-hydroxylation sites is 1. The average Bonchev–Trinajstić information content (AvgIpc) is 2.61. The van der Waals surface area contributed by atoms with Gasteiger partial charge in [0, 0.05) is 11.8 Å². The number of nitrogens with two attached hydrogens (primary N) is 2. The molecule has 8 heteroatoms. The SMILES string of the molecule is CC(N)=C(C#N)C(=NCc1ccc(O)c([N+](=O)[O-])c1)[NH2+]c1ccccc1. The van der Waals surface area contributed by atoms with Crippen molar-refractivity contribution in [2.24, 2.45) is 10.7 Å². The van der Waals surface area contributed by atoms with Gasteiger partial charge in [0.2, 0.25) is 5.84 Å². The first kappa shape index (κ1) is 18.6. The Bertz CT molecular complexity index is 910. The van der Waals surface area contributed by atoms with Gasteiger partial charge in [-0.05, 0) is 30.7 Å². The van der Waals surface area contributed by atoms with Crippen LogP contribution in [-0.4, -0.2) is 15.9 Å². The highest BCUT2D eigenvalue weighted by molar-refractivity contribution is 5.96. The Balaban J connectivity index is 2.37. The molecule has 0 atom stereocenters. The van der Waals surface area contributed by atoms with Gasteiger partial charge in [-0.2, -0.15) is 5.26 Å². The molecule has 2 aromatic carbocycles. The van der Waals surface area contributed by atoms with Gasteiger partial charge in [0.25, 0.3) is 0 Å². The van der Waals surface area contributed by atoms with Gasteiger partial charge in [-0.1, -0.05) is 24.3 Å². The van der Waals surface area contributed by atoms with Gasteiger partial charge in [0.05, 0.1) is 11.5 Å². The second kappa shape index (κ2) is 8.41. The maximum atomic E-state index is 10.9. The predicted molar refractivity (Wildman–Crippen MR) is 96.4 cm³/mol. The first-order chi connectivity index (χ1) is 12.4. The molecule has 5 N–H and O–H groups in total. The number of benzene rings is 2. The highest BCUT2D eigenvalue weighted by atomic mass is 16.6. The summed E-state index contributed by atoms with van der Waals surface area (Å²) in [7, 11) is 0. The second-order valence-electron chi connectivity index (χ2n) is 5.51. The summed E-state index contributed by atoms with van der Waals surface area (Å²) in [5.41, 5.74) is 7.34. The van der Waals surface area contributed by atoms with Crippen molar-refractivity contribution < 1.29 is 15.3 Å². The summed E-state index contributed by atoms with van der Waals surface area (Å²) in [5.74, 6) is -0.0244. The zero-order valence-electron chi connectivity index (χ0n) is 14.1. The lowest BCUT2D eigenvalue weighted by Gasteiger charge is -2.06. The van der Waals surface area contributed by atoms with Crippen LogP contribution in [0.1, 0.15) is 12.5 Å². The number of amidine groups is 1. The second-order valence-corrected chi connectivity index (χ2v) is 5.51. The van der Waals surface area contributed by atoms with Crippen molar-refractivity contribution >= 4 is 17.2 Å². The van der Waals surface area contributed by atoms with E-state index in [2.05, 4.69) is 4.99 Å². The number of nitrogens with zero attached hydrogens (tertiary/aromatic N) is 3. The Labute approximate surface area is 150 Å². The van der Waals surface area contributed by atoms with Crippen LogP contribution in [0, 0.1) is 21.4 Å². The summed E-state index contributed by atoms with van der Waals surface area (Å²) in [4.78, 5) is 14.7. The molecule has 0 aliphatic rings. The van der Waals surface area contributed by atoms with Gasteiger partial charge in [-0.3, -0.25) is 15.4 Å². The number of aromatic hydroxyl groups is 1. The van der Waals surface area contributed by atoms with Crippen molar-refractivity contribution in [1.82, 2.24) is 0 Å². The molecule has 0 amide bonds. The standard InChI is InChI=1S/C18H17N5O3/c1-12(20)15(10-19)18(22-14-5-3-2-4-6-14)21-11-13-7-8-17(24)16(9-13)23(25)26/h2-9,24H,11,20H2,1H3,(H,21,22)/p+1. The van der Waals surface area contributed by atoms with Crippen LogP contribution in [0.5, 0.6) is 5.75 Å². The minimum absolute atomic E-state index is 0.0955. The molecule has 0 spiro atoms. The van der Waals surface area contributed by atoms with Crippen molar-refractivity contribution in [2.45, 2.75) is 13.5 Å². The molecule has 0 aromatic heterocycles. The third-order valence-electron chi connectivity index (χ3n) is 3.53. The Morgan fingerprint density at radius 3 is 2.62 bits per heavy atom. The number of nitro groups is 1. The molecule has 0 saturated heterocycles. The van der Waals surface area contributed by atoms with E-state index in [4.69, 9.17) is 5.73 Å². The number of hydrogen-bond donors (Lipinski definition) is 3. The first-order valence-electron chi connectivity index (χ1n) is 7.69. The molecule has 0 aliphatic carbocycles. The van der Waals surface area contributed by atoms with Crippen LogP contribution in [0.25, 0.3) is 0 Å². The van der Waals surface area contributed by atoms with Crippen molar-refractivity contribution in [1.29, 1.82) is 5.26 Å². The summed E-state index contributed by atoms with van der Waals surface area (Å²) in [6.45, 7) is 1.70. The summed E-state index contributed by atoms with van der Waals surface area (Å²) in [6.07, 6.45) is 0. The highest BCUT2D eigenvalue weighted by Crippen LogP contribution is 2.26. The Morgan fingerprint density at radius 1 is 1.35 bits per heavy atom. The van der Waals surface area contributed by atoms with Crippen LogP contribution < -0.4 is 11.1 Å². The number of nitriles is 1. The number of nitro benzene ring substituents is 1. The zero-order chi connectivity index (χ0) is 19.1. The Kier molecular flexibility index (Phi) is 6.03. The van der Waals surface area contributed by atoms with E-state index in [1.54, 1.807) is 12.2 Å². The largest absolute Gasteiger partial charge is 0.502 e. The molecular formula is C18H18N5O3+. The van der Waals surface area contributed by atoms with Gasteiger partial charge in [-0.25, -0.2) is 4.99 Å². The lowest BCUT2D eigenvalue weighted by atomic mass is 10.1. The van der Waals surface area contributed by atoms with Gasteiger partial charge in [-0.15, -0.1) is 0 Å². The number of phenolic OH excluding ortho intramolecular Hbond substituents is 1. The minimum Gasteiger partial charge on any atom is -0.502 e. The summed E-state index contributed by atoms with van der Waals surface area (Å²) in [5, 5.41) is 31.6. The van der Waals surface area contributed by atoms with Gasteiger partial charge in [0.1, 0.15) is 11.8 Å². The van der Waals surface area contributed by atoms with Crippen molar-refractivity contribution in [2.75, 3.05) is 0 Å². The lowest BCUT2D eigenvalue weighted by Crippen LogP contribution is -2.82. The fourth-order valence-electron chi connectivity index (χ4n) is 2.24. The van der Waals surface area contributed by atoms with Crippen LogP contribution in [0.15, 0.2) is 64.8 Å². The topological polar surface area (TPSA) is 142 Å². The average molecular weight is 352 g/mol. The summed E-state index contributed by atoms with van der Waals surface area (Å²) in [6, 6.07) is 15.4. The third-order valence-corrected chi connectivity index (χ3v) is 3.53. The van der Waals surface area contributed by atoms with E-state index in [1.807, 2.05) is 36.4 Å². The van der Waals surface area contributed by atoms with E-state index in [9.17, 15) is 20.5 Å². The summed E-state index contributed by atoms with van der Waals surface area (Å²) < 4.78 is 0. The number of allylic oxidation sites excluding steroid dienone is 1. The number of aliphatic imine (C=N–C) groups is 1. The first-order valence-corrected chi connectivity index (χ1v) is 7.69. The molecule has 0 heterocycles. The number of phenols is 1. The van der Waals surface area contributed by atoms with Crippen molar-refractivity contribution in [3.63, 3.8) is 0 Å². The van der Waals surface area contributed by atoms with Crippen LogP contribution in [0.2, 0.25) is 0 Å². The zero-order valence-corrected chi connectivity index (χ0v) is 14.1. The van der Waals surface area contributed by atoms with Crippen molar-refractivity contribution in [3.05, 3.63) is 75.5 Å². The molecule has 8 nitrogen and oxygen atoms in total. The molecule has 0 saturated carbocycles. The Morgan fingerprint density at radius 2 is 2.04 bits per heavy atom. The van der Waals surface area contributed by atoms with Gasteiger partial charge >= 0.3 is 5.69 Å². The molecule has 2 rings (SSSR count). The van der Waals surface area contributed by atoms with Crippen LogP contribution in [0.4, 0.5) is 11.4 Å². The molecule has 0 fully saturated rings. The molecule has 0 aliphatic heterocycles. The minimum atomic E-state index is -0.663. The molecule has 132 valence electrons. The quantitative estimate of drug-likeness (QED) is 0.188. The molecule has 26 heavy (non-hydrogen) atoms. The lowest BCUT2D eigenvalue weighted by molar-refractivity contribution is -0.442. The molecule has 2 aromatic rings. The van der Waals surface area contributed by atoms with Crippen LogP contribution in [0.3, 0.4) is 0 Å². The molecule has 0 unspecified atom stereocenters. The van der Waals surface area contributed by atoms with Crippen LogP contribution in [-0.2, 0) is 6.54 Å². The number of quaternary nitrogens is 1. The smallest absolute Gasteiger partial charge is 0.311 e. The normalized spacial score (nSPS) is 12.2. The van der Waals surface area contributed by atoms with E-state index >= 15 is 0 Å². The Hall–Kier alpha value is -3.70. The molecular weight excluding hydrogens is 334 g/mol. The monoisotopic (exact) mass is 352 g/mol. The number of rotatable bonds is 5. The van der Waals surface area contributed by atoms with Gasteiger partial charge in [0.15, 0.2) is 11.3 Å². The van der Waals surface area contributed by atoms with E-state index in [0.29, 0.717) is 17.1 Å². The van der Waals surface area contributed by atoms with E-state index in [-0.39, 0.29) is 12.1 Å². The highest BCUT2D eigenvalue weighted by Gasteiger charge is 2.17. The fourth-order valence-corrected chi connectivity index (χ4v) is 2.24. The maximum Gasteiger partial charge on any atom is 0.311 e. The van der Waals surface area contributed by atoms with E-state index < -0.39 is 16.4 Å². The molecule has 0 bridgehead atoms. The van der Waals surface area contributed by atoms with Crippen LogP contribution >= 0.6 is 0 Å². The predicted octanol–water partition coefficient (Wildman–Crippen LogP) is 1.85. The summed E-state index contributed by atoms with van der Waals surface area (Å²) >= 11 is 0. The van der Waals surface area contributed by atoms with E-state index in [0.717, 1.165) is 5.69 Å². The van der Waals surface area contributed by atoms with Crippen molar-refractivity contribution in [3.8, 4) is 11.8 Å².